The van der Waals surface area contributed by atoms with Crippen LogP contribution >= 0.6 is 0 Å². The quantitative estimate of drug-likeness (QED) is 0.699. The van der Waals surface area contributed by atoms with Crippen LogP contribution in [0.15, 0.2) is 46.2 Å². The first-order valence-electron chi connectivity index (χ1n) is 10.1. The van der Waals surface area contributed by atoms with Crippen LogP contribution in [-0.2, 0) is 13.6 Å². The molecule has 2 atom stereocenters. The third kappa shape index (κ3) is 2.91. The van der Waals surface area contributed by atoms with Crippen LogP contribution in [0.1, 0.15) is 34.1 Å². The zero-order chi connectivity index (χ0) is 21.0. The Bertz CT molecular complexity index is 1270. The molecule has 3 aromatic rings. The van der Waals surface area contributed by atoms with E-state index in [1.54, 1.807) is 30.2 Å². The lowest BCUT2D eigenvalue weighted by atomic mass is 9.82. The van der Waals surface area contributed by atoms with Gasteiger partial charge in [0.25, 0.3) is 17.0 Å². The average Bonchev–Trinajstić information content (AvgIpc) is 3.14. The van der Waals surface area contributed by atoms with E-state index in [4.69, 9.17) is 0 Å². The Hall–Kier alpha value is -3.42. The summed E-state index contributed by atoms with van der Waals surface area (Å²) in [4.78, 5) is 47.2. The number of fused-ring (bicyclic) bond motifs is 4. The summed E-state index contributed by atoms with van der Waals surface area (Å²) >= 11 is 0. The fraction of sp³-hybridized carbons (Fsp3) is 0.364. The molecule has 5 heterocycles. The van der Waals surface area contributed by atoms with E-state index < -0.39 is 0 Å². The molecule has 30 heavy (non-hydrogen) atoms. The summed E-state index contributed by atoms with van der Waals surface area (Å²) in [7, 11) is 1.87. The molecule has 2 aliphatic rings. The van der Waals surface area contributed by atoms with Crippen LogP contribution in [0.4, 0.5) is 0 Å². The molecular weight excluding hydrogens is 382 g/mol. The zero-order valence-corrected chi connectivity index (χ0v) is 17.0. The van der Waals surface area contributed by atoms with E-state index in [0.29, 0.717) is 31.0 Å². The molecule has 0 radical (unpaired) electrons. The molecule has 0 spiro atoms. The number of hydrogen-bond donors (Lipinski definition) is 1. The van der Waals surface area contributed by atoms with Gasteiger partial charge in [0.15, 0.2) is 0 Å². The van der Waals surface area contributed by atoms with Gasteiger partial charge in [0, 0.05) is 56.4 Å². The average molecular weight is 405 g/mol. The Morgan fingerprint density at radius 1 is 1.13 bits per heavy atom. The summed E-state index contributed by atoms with van der Waals surface area (Å²) in [6.45, 7) is 3.40. The SMILES string of the molecule is Cc1ccc(C(=O)N2C[C@@H]3C[C@H](C2)c2ccc(-c4nccn4C)c(=O)n2C3)c(=O)[nH]1. The van der Waals surface area contributed by atoms with Crippen LogP contribution in [-0.4, -0.2) is 43.0 Å². The van der Waals surface area contributed by atoms with E-state index in [1.807, 2.05) is 34.5 Å². The monoisotopic (exact) mass is 405 g/mol. The number of carbonyl (C=O) groups is 1. The summed E-state index contributed by atoms with van der Waals surface area (Å²) in [5, 5.41) is 0. The third-order valence-electron chi connectivity index (χ3n) is 6.24. The highest BCUT2D eigenvalue weighted by atomic mass is 16.2. The summed E-state index contributed by atoms with van der Waals surface area (Å²) in [6.07, 6.45) is 4.45. The largest absolute Gasteiger partial charge is 0.337 e. The van der Waals surface area contributed by atoms with E-state index in [0.717, 1.165) is 17.8 Å². The minimum atomic E-state index is -0.355. The van der Waals surface area contributed by atoms with Crippen molar-refractivity contribution in [2.45, 2.75) is 25.8 Å². The van der Waals surface area contributed by atoms with E-state index in [9.17, 15) is 14.4 Å². The molecule has 1 amide bonds. The van der Waals surface area contributed by atoms with Crippen LogP contribution in [0.5, 0.6) is 0 Å². The number of nitrogens with one attached hydrogen (secondary N) is 1. The molecule has 5 rings (SSSR count). The van der Waals surface area contributed by atoms with Crippen molar-refractivity contribution in [3.63, 3.8) is 0 Å². The van der Waals surface area contributed by atoms with Crippen molar-refractivity contribution < 1.29 is 4.79 Å². The van der Waals surface area contributed by atoms with Crippen molar-refractivity contribution in [2.75, 3.05) is 13.1 Å². The first kappa shape index (κ1) is 18.6. The van der Waals surface area contributed by atoms with Gasteiger partial charge in [0.1, 0.15) is 11.4 Å². The standard InChI is InChI=1S/C22H23N5O3/c1-13-3-4-17(20(28)24-13)21(29)26-10-14-9-15(12-26)18-6-5-16(22(30)27(18)11-14)19-23-7-8-25(19)2/h3-8,14-15H,9-12H2,1-2H3,(H,24,28)/t14-,15+/m0/s1. The van der Waals surface area contributed by atoms with Gasteiger partial charge >= 0.3 is 0 Å². The van der Waals surface area contributed by atoms with Gasteiger partial charge in [0.05, 0.1) is 5.56 Å². The number of rotatable bonds is 2. The van der Waals surface area contributed by atoms with Crippen molar-refractivity contribution in [1.82, 2.24) is 24.0 Å². The third-order valence-corrected chi connectivity index (χ3v) is 6.24. The number of amides is 1. The molecule has 8 heteroatoms. The number of pyridine rings is 2. The Morgan fingerprint density at radius 3 is 2.70 bits per heavy atom. The normalized spacial score (nSPS) is 20.1. The maximum absolute atomic E-state index is 13.2. The van der Waals surface area contributed by atoms with Crippen molar-refractivity contribution in [3.8, 4) is 11.4 Å². The first-order chi connectivity index (χ1) is 14.4. The number of nitrogens with zero attached hydrogens (tertiary/aromatic N) is 4. The number of H-pyrrole nitrogens is 1. The highest BCUT2D eigenvalue weighted by Gasteiger charge is 2.37. The molecule has 3 aromatic heterocycles. The Kier molecular flexibility index (Phi) is 4.23. The Balaban J connectivity index is 1.48. The maximum Gasteiger partial charge on any atom is 0.261 e. The van der Waals surface area contributed by atoms with Crippen LogP contribution < -0.4 is 11.1 Å². The minimum absolute atomic E-state index is 0.0359. The first-order valence-corrected chi connectivity index (χ1v) is 10.1. The second kappa shape index (κ2) is 6.83. The van der Waals surface area contributed by atoms with Crippen molar-refractivity contribution in [1.29, 1.82) is 0 Å². The number of piperidine rings is 1. The van der Waals surface area contributed by atoms with E-state index >= 15 is 0 Å². The van der Waals surface area contributed by atoms with Gasteiger partial charge in [0.2, 0.25) is 0 Å². The molecule has 1 N–H and O–H groups in total. The van der Waals surface area contributed by atoms with Gasteiger partial charge in [-0.1, -0.05) is 0 Å². The summed E-state index contributed by atoms with van der Waals surface area (Å²) in [5.41, 5.74) is 2.04. The topological polar surface area (TPSA) is 93.0 Å². The zero-order valence-electron chi connectivity index (χ0n) is 17.0. The smallest absolute Gasteiger partial charge is 0.261 e. The number of imidazole rings is 1. The summed E-state index contributed by atoms with van der Waals surface area (Å²) in [6, 6.07) is 7.16. The molecule has 154 valence electrons. The molecule has 8 nitrogen and oxygen atoms in total. The second-order valence-corrected chi connectivity index (χ2v) is 8.34. The van der Waals surface area contributed by atoms with Gasteiger partial charge in [-0.05, 0) is 43.5 Å². The molecular formula is C22H23N5O3. The lowest BCUT2D eigenvalue weighted by molar-refractivity contribution is 0.0593. The van der Waals surface area contributed by atoms with Gasteiger partial charge in [-0.15, -0.1) is 0 Å². The van der Waals surface area contributed by atoms with Gasteiger partial charge in [-0.25, -0.2) is 4.98 Å². The Morgan fingerprint density at radius 2 is 1.97 bits per heavy atom. The Labute approximate surface area is 172 Å². The number of aryl methyl sites for hydroxylation is 2. The number of aromatic nitrogens is 4. The molecule has 2 aliphatic heterocycles. The molecule has 0 unspecified atom stereocenters. The molecule has 1 saturated heterocycles. The van der Waals surface area contributed by atoms with E-state index in [2.05, 4.69) is 9.97 Å². The predicted molar refractivity (Wildman–Crippen MR) is 111 cm³/mol. The van der Waals surface area contributed by atoms with Crippen LogP contribution in [0, 0.1) is 12.8 Å². The number of aromatic amines is 1. The van der Waals surface area contributed by atoms with Gasteiger partial charge < -0.3 is 19.0 Å². The van der Waals surface area contributed by atoms with E-state index in [1.165, 1.54) is 0 Å². The molecule has 0 saturated carbocycles. The highest BCUT2D eigenvalue weighted by molar-refractivity contribution is 5.94. The fourth-order valence-electron chi connectivity index (χ4n) is 4.82. The second-order valence-electron chi connectivity index (χ2n) is 8.34. The highest BCUT2D eigenvalue weighted by Crippen LogP contribution is 2.36. The number of hydrogen-bond acceptors (Lipinski definition) is 4. The van der Waals surface area contributed by atoms with Gasteiger partial charge in [-0.3, -0.25) is 14.4 Å². The minimum Gasteiger partial charge on any atom is -0.337 e. The van der Waals surface area contributed by atoms with Crippen molar-refractivity contribution in [3.05, 3.63) is 74.3 Å². The lowest BCUT2D eigenvalue weighted by Crippen LogP contribution is -2.50. The lowest BCUT2D eigenvalue weighted by Gasteiger charge is -2.42. The molecule has 0 aromatic carbocycles. The van der Waals surface area contributed by atoms with Crippen LogP contribution in [0.2, 0.25) is 0 Å². The summed E-state index contributed by atoms with van der Waals surface area (Å²) < 4.78 is 3.69. The van der Waals surface area contributed by atoms with Gasteiger partial charge in [-0.2, -0.15) is 0 Å². The maximum atomic E-state index is 13.2. The summed E-state index contributed by atoms with van der Waals surface area (Å²) in [5.74, 6) is 0.668. The number of carbonyl (C=O) groups excluding carboxylic acids is 1. The van der Waals surface area contributed by atoms with E-state index in [-0.39, 0.29) is 34.4 Å². The molecule has 1 fully saturated rings. The molecule has 2 bridgehead atoms. The van der Waals surface area contributed by atoms with Crippen molar-refractivity contribution >= 4 is 5.91 Å². The van der Waals surface area contributed by atoms with Crippen molar-refractivity contribution in [2.24, 2.45) is 13.0 Å². The number of likely N-dealkylation sites (tertiary alicyclic amines) is 1. The fourth-order valence-corrected chi connectivity index (χ4v) is 4.82. The predicted octanol–water partition coefficient (Wildman–Crippen LogP) is 1.51. The van der Waals surface area contributed by atoms with Crippen LogP contribution in [0.25, 0.3) is 11.4 Å². The van der Waals surface area contributed by atoms with Crippen LogP contribution in [0.3, 0.4) is 0 Å². The molecule has 0 aliphatic carbocycles.